The van der Waals surface area contributed by atoms with E-state index in [1.54, 1.807) is 0 Å². The lowest BCUT2D eigenvalue weighted by atomic mass is 10.0. The average Bonchev–Trinajstić information content (AvgIpc) is 2.57. The molecule has 0 aliphatic carbocycles. The summed E-state index contributed by atoms with van der Waals surface area (Å²) in [5.41, 5.74) is 5.10. The van der Waals surface area contributed by atoms with Crippen LogP contribution in [0, 0.1) is 0 Å². The molecule has 0 saturated carbocycles. The van der Waals surface area contributed by atoms with E-state index in [-0.39, 0.29) is 11.8 Å². The molecule has 24 heavy (non-hydrogen) atoms. The van der Waals surface area contributed by atoms with Gasteiger partial charge in [-0.1, -0.05) is 26.0 Å². The smallest absolute Gasteiger partial charge is 0.240 e. The van der Waals surface area contributed by atoms with Crippen LogP contribution < -0.4 is 10.7 Å². The summed E-state index contributed by atoms with van der Waals surface area (Å²) in [6.45, 7) is 6.53. The van der Waals surface area contributed by atoms with Crippen molar-refractivity contribution in [3.8, 4) is 0 Å². The van der Waals surface area contributed by atoms with Gasteiger partial charge in [-0.05, 0) is 43.6 Å². The third-order valence-corrected chi connectivity index (χ3v) is 3.85. The van der Waals surface area contributed by atoms with Crippen molar-refractivity contribution < 1.29 is 9.59 Å². The van der Waals surface area contributed by atoms with Gasteiger partial charge in [0.2, 0.25) is 11.8 Å². The number of rotatable bonds is 8. The molecule has 6 nitrogen and oxygen atoms in total. The van der Waals surface area contributed by atoms with Crippen molar-refractivity contribution >= 4 is 23.2 Å². The molecule has 1 aliphatic rings. The van der Waals surface area contributed by atoms with Gasteiger partial charge in [-0.15, -0.1) is 0 Å². The molecular weight excluding hydrogens is 304 g/mol. The summed E-state index contributed by atoms with van der Waals surface area (Å²) in [5, 5.41) is 7.01. The van der Waals surface area contributed by atoms with E-state index >= 15 is 0 Å². The van der Waals surface area contributed by atoms with Gasteiger partial charge in [0.25, 0.3) is 0 Å². The fraction of sp³-hybridized carbons (Fsp3) is 0.500. The summed E-state index contributed by atoms with van der Waals surface area (Å²) in [4.78, 5) is 25.5. The number of carbonyl (C=O) groups excluding carboxylic acids is 2. The Hall–Kier alpha value is -2.21. The van der Waals surface area contributed by atoms with Gasteiger partial charge in [0.1, 0.15) is 0 Å². The van der Waals surface area contributed by atoms with Crippen LogP contribution in [0.3, 0.4) is 0 Å². The van der Waals surface area contributed by atoms with Crippen LogP contribution in [0.5, 0.6) is 0 Å². The number of nitrogens with one attached hydrogen (secondary N) is 2. The monoisotopic (exact) mass is 330 g/mol. The van der Waals surface area contributed by atoms with Crippen molar-refractivity contribution in [1.29, 1.82) is 0 Å². The van der Waals surface area contributed by atoms with Crippen LogP contribution in [-0.4, -0.2) is 42.1 Å². The van der Waals surface area contributed by atoms with E-state index in [1.807, 2.05) is 24.3 Å². The quantitative estimate of drug-likeness (QED) is 0.768. The first kappa shape index (κ1) is 18.1. The lowest BCUT2D eigenvalue weighted by Crippen LogP contribution is -2.34. The fourth-order valence-corrected chi connectivity index (χ4v) is 2.73. The Morgan fingerprint density at radius 2 is 1.83 bits per heavy atom. The van der Waals surface area contributed by atoms with Crippen LogP contribution in [0.4, 0.5) is 5.69 Å². The first-order valence-electron chi connectivity index (χ1n) is 8.60. The van der Waals surface area contributed by atoms with Gasteiger partial charge in [-0.25, -0.2) is 5.43 Å². The summed E-state index contributed by atoms with van der Waals surface area (Å²) in [5.74, 6) is -0.0433. The second-order valence-electron chi connectivity index (χ2n) is 6.00. The molecule has 0 fully saturated rings. The van der Waals surface area contributed by atoms with E-state index in [4.69, 9.17) is 0 Å². The van der Waals surface area contributed by atoms with Gasteiger partial charge >= 0.3 is 0 Å². The number of hydrazone groups is 1. The van der Waals surface area contributed by atoms with E-state index in [9.17, 15) is 9.59 Å². The molecule has 0 bridgehead atoms. The maximum atomic E-state index is 12.2. The van der Waals surface area contributed by atoms with Crippen molar-refractivity contribution in [3.05, 3.63) is 29.8 Å². The second kappa shape index (κ2) is 9.17. The number of hydrogen-bond donors (Lipinski definition) is 2. The lowest BCUT2D eigenvalue weighted by Gasteiger charge is -2.20. The maximum Gasteiger partial charge on any atom is 0.240 e. The highest BCUT2D eigenvalue weighted by molar-refractivity contribution is 6.04. The fourth-order valence-electron chi connectivity index (χ4n) is 2.73. The van der Waals surface area contributed by atoms with E-state index < -0.39 is 0 Å². The largest absolute Gasteiger partial charge is 0.325 e. The molecule has 0 unspecified atom stereocenters. The molecule has 130 valence electrons. The van der Waals surface area contributed by atoms with Gasteiger partial charge in [0.05, 0.1) is 12.3 Å². The van der Waals surface area contributed by atoms with Crippen molar-refractivity contribution in [3.63, 3.8) is 0 Å². The third kappa shape index (κ3) is 5.45. The molecule has 1 heterocycles. The molecule has 2 N–H and O–H groups in total. The maximum absolute atomic E-state index is 12.2. The highest BCUT2D eigenvalue weighted by Gasteiger charge is 2.13. The molecule has 6 heteroatoms. The number of benzene rings is 1. The van der Waals surface area contributed by atoms with Crippen LogP contribution in [0.2, 0.25) is 0 Å². The van der Waals surface area contributed by atoms with Gasteiger partial charge in [-0.2, -0.15) is 5.10 Å². The standard InChI is InChI=1S/C18H26N4O2/c1-3-11-22(12-4-2)13-18(24)19-15-7-5-14(6-8-15)16-9-10-17(23)21-20-16/h5-8H,3-4,9-13H2,1-2H3,(H,19,24)(H,21,23). The Labute approximate surface area is 143 Å². The van der Waals surface area contributed by atoms with Gasteiger partial charge < -0.3 is 5.32 Å². The van der Waals surface area contributed by atoms with Crippen LogP contribution in [0.1, 0.15) is 45.1 Å². The summed E-state index contributed by atoms with van der Waals surface area (Å²) in [6, 6.07) is 7.58. The summed E-state index contributed by atoms with van der Waals surface area (Å²) in [6.07, 6.45) is 3.18. The molecule has 0 aromatic heterocycles. The van der Waals surface area contributed by atoms with E-state index in [2.05, 4.69) is 34.6 Å². The zero-order chi connectivity index (χ0) is 17.4. The summed E-state index contributed by atoms with van der Waals surface area (Å²) >= 11 is 0. The zero-order valence-electron chi connectivity index (χ0n) is 14.5. The van der Waals surface area contributed by atoms with Crippen LogP contribution in [-0.2, 0) is 9.59 Å². The normalized spacial score (nSPS) is 14.3. The molecule has 1 aliphatic heterocycles. The average molecular weight is 330 g/mol. The first-order chi connectivity index (χ1) is 11.6. The highest BCUT2D eigenvalue weighted by atomic mass is 16.2. The topological polar surface area (TPSA) is 73.8 Å². The summed E-state index contributed by atoms with van der Waals surface area (Å²) in [7, 11) is 0. The molecule has 1 aromatic carbocycles. The molecular formula is C18H26N4O2. The lowest BCUT2D eigenvalue weighted by molar-refractivity contribution is -0.121. The second-order valence-corrected chi connectivity index (χ2v) is 6.00. The molecule has 1 aromatic rings. The summed E-state index contributed by atoms with van der Waals surface area (Å²) < 4.78 is 0. The Morgan fingerprint density at radius 1 is 1.17 bits per heavy atom. The Morgan fingerprint density at radius 3 is 2.38 bits per heavy atom. The minimum absolute atomic E-state index is 0.00641. The molecule has 0 spiro atoms. The Kier molecular flexibility index (Phi) is 6.93. The van der Waals surface area contributed by atoms with Crippen LogP contribution in [0.25, 0.3) is 0 Å². The molecule has 0 atom stereocenters. The zero-order valence-corrected chi connectivity index (χ0v) is 14.5. The van der Waals surface area contributed by atoms with Gasteiger partial charge in [0.15, 0.2) is 0 Å². The number of anilines is 1. The van der Waals surface area contributed by atoms with Crippen LogP contribution in [0.15, 0.2) is 29.4 Å². The van der Waals surface area contributed by atoms with E-state index in [1.165, 1.54) is 0 Å². The molecule has 0 radical (unpaired) electrons. The first-order valence-corrected chi connectivity index (χ1v) is 8.60. The SMILES string of the molecule is CCCN(CCC)CC(=O)Nc1ccc(C2=NNC(=O)CC2)cc1. The van der Waals surface area contributed by atoms with Crippen molar-refractivity contribution in [2.24, 2.45) is 5.10 Å². The molecule has 2 amide bonds. The Bertz CT molecular complexity index is 590. The van der Waals surface area contributed by atoms with E-state index in [0.717, 1.165) is 42.9 Å². The predicted molar refractivity (Wildman–Crippen MR) is 96.0 cm³/mol. The number of hydrogen-bond acceptors (Lipinski definition) is 4. The number of nitrogens with zero attached hydrogens (tertiary/aromatic N) is 2. The van der Waals surface area contributed by atoms with E-state index in [0.29, 0.717) is 19.4 Å². The van der Waals surface area contributed by atoms with Crippen molar-refractivity contribution in [1.82, 2.24) is 10.3 Å². The number of amides is 2. The van der Waals surface area contributed by atoms with Crippen molar-refractivity contribution in [2.75, 3.05) is 25.0 Å². The van der Waals surface area contributed by atoms with Crippen molar-refractivity contribution in [2.45, 2.75) is 39.5 Å². The number of carbonyl (C=O) groups is 2. The predicted octanol–water partition coefficient (Wildman–Crippen LogP) is 2.36. The van der Waals surface area contributed by atoms with Gasteiger partial charge in [-0.3, -0.25) is 14.5 Å². The Balaban J connectivity index is 1.91. The van der Waals surface area contributed by atoms with Crippen LogP contribution >= 0.6 is 0 Å². The highest BCUT2D eigenvalue weighted by Crippen LogP contribution is 2.14. The minimum atomic E-state index is -0.0497. The molecule has 2 rings (SSSR count). The third-order valence-electron chi connectivity index (χ3n) is 3.85. The molecule has 0 saturated heterocycles. The van der Waals surface area contributed by atoms with Gasteiger partial charge in [0, 0.05) is 18.5 Å². The minimum Gasteiger partial charge on any atom is -0.325 e.